The Bertz CT molecular complexity index is 1050. The molecule has 0 aliphatic heterocycles. The molecule has 0 saturated heterocycles. The molecule has 2 aromatic carbocycles. The van der Waals surface area contributed by atoms with E-state index in [1.54, 1.807) is 0 Å². The maximum atomic E-state index is 13.1. The average Bonchev–Trinajstić information content (AvgIpc) is 3.07. The van der Waals surface area contributed by atoms with E-state index in [1.807, 2.05) is 0 Å². The molecule has 3 aromatic rings. The van der Waals surface area contributed by atoms with E-state index >= 15 is 0 Å². The molecule has 0 spiro atoms. The molecule has 1 aromatic heterocycles. The third kappa shape index (κ3) is 5.24. The van der Waals surface area contributed by atoms with Crippen LogP contribution in [0.3, 0.4) is 0 Å². The maximum Gasteiger partial charge on any atom is 0.417 e. The Hall–Kier alpha value is -2.65. The largest absolute Gasteiger partial charge is 0.417 e. The topological polar surface area (TPSA) is 68.0 Å². The third-order valence-electron chi connectivity index (χ3n) is 3.76. The van der Waals surface area contributed by atoms with Crippen molar-refractivity contribution in [2.24, 2.45) is 0 Å². The summed E-state index contributed by atoms with van der Waals surface area (Å²) >= 11 is 11.6. The van der Waals surface area contributed by atoms with Crippen molar-refractivity contribution in [3.63, 3.8) is 0 Å². The van der Waals surface area contributed by atoms with Crippen molar-refractivity contribution < 1.29 is 26.9 Å². The summed E-state index contributed by atoms with van der Waals surface area (Å²) < 4.78 is 56.2. The van der Waals surface area contributed by atoms with Crippen LogP contribution in [0.15, 0.2) is 40.9 Å². The van der Waals surface area contributed by atoms with Crippen LogP contribution >= 0.6 is 23.2 Å². The Kier molecular flexibility index (Phi) is 6.09. The highest BCUT2D eigenvalue weighted by Crippen LogP contribution is 2.35. The second-order valence-electron chi connectivity index (χ2n) is 5.88. The molecule has 1 heterocycles. The number of halogens is 6. The number of carbonyl (C=O) groups is 1. The van der Waals surface area contributed by atoms with Crippen LogP contribution in [-0.2, 0) is 17.4 Å². The lowest BCUT2D eigenvalue weighted by Crippen LogP contribution is -2.13. The van der Waals surface area contributed by atoms with Crippen LogP contribution in [0.2, 0.25) is 10.0 Å². The minimum Gasteiger partial charge on any atom is -0.339 e. The van der Waals surface area contributed by atoms with Gasteiger partial charge >= 0.3 is 6.18 Å². The van der Waals surface area contributed by atoms with E-state index < -0.39 is 28.5 Å². The molecule has 152 valence electrons. The molecule has 1 N–H and O–H groups in total. The number of aryl methyl sites for hydroxylation is 1. The van der Waals surface area contributed by atoms with Gasteiger partial charge in [-0.2, -0.15) is 18.2 Å². The van der Waals surface area contributed by atoms with Crippen LogP contribution in [-0.4, -0.2) is 16.0 Å². The zero-order chi connectivity index (χ0) is 21.2. The maximum absolute atomic E-state index is 13.1. The minimum atomic E-state index is -4.58. The van der Waals surface area contributed by atoms with Gasteiger partial charge in [-0.05, 0) is 36.4 Å². The second-order valence-corrected chi connectivity index (χ2v) is 6.69. The lowest BCUT2D eigenvalue weighted by Gasteiger charge is -2.11. The monoisotopic (exact) mass is 447 g/mol. The highest BCUT2D eigenvalue weighted by Gasteiger charge is 2.33. The van der Waals surface area contributed by atoms with Gasteiger partial charge in [-0.1, -0.05) is 28.4 Å². The van der Waals surface area contributed by atoms with Crippen molar-refractivity contribution >= 4 is 34.8 Å². The van der Waals surface area contributed by atoms with Gasteiger partial charge in [0.1, 0.15) is 5.82 Å². The number of alkyl halides is 3. The van der Waals surface area contributed by atoms with E-state index in [-0.39, 0.29) is 35.3 Å². The fraction of sp³-hybridized carbons (Fsp3) is 0.167. The van der Waals surface area contributed by atoms with Gasteiger partial charge < -0.3 is 9.84 Å². The fourth-order valence-corrected chi connectivity index (χ4v) is 2.94. The highest BCUT2D eigenvalue weighted by molar-refractivity contribution is 6.33. The number of aromatic nitrogens is 2. The van der Waals surface area contributed by atoms with Crippen LogP contribution in [0.5, 0.6) is 0 Å². The van der Waals surface area contributed by atoms with Crippen molar-refractivity contribution in [1.82, 2.24) is 10.1 Å². The first-order chi connectivity index (χ1) is 13.6. The van der Waals surface area contributed by atoms with Gasteiger partial charge in [0.25, 0.3) is 0 Å². The van der Waals surface area contributed by atoms with Gasteiger partial charge in [-0.15, -0.1) is 0 Å². The van der Waals surface area contributed by atoms with Gasteiger partial charge in [0.15, 0.2) is 0 Å². The number of carbonyl (C=O) groups excluding carboxylic acids is 1. The van der Waals surface area contributed by atoms with Gasteiger partial charge in [-0.25, -0.2) is 4.39 Å². The first-order valence-electron chi connectivity index (χ1n) is 8.08. The Labute approximate surface area is 171 Å². The summed E-state index contributed by atoms with van der Waals surface area (Å²) in [7, 11) is 0. The molecular formula is C18H11Cl2F4N3O2. The second kappa shape index (κ2) is 8.38. The smallest absolute Gasteiger partial charge is 0.339 e. The standard InChI is InChI=1S/C18H11Cl2F4N3O2/c19-13-7-9(21)1-3-11(13)17-26-16(29-27-17)6-5-15(28)25-10-2-4-12(14(20)8-10)18(22,23)24/h1-4,7-8H,5-6H2,(H,25,28). The Balaban J connectivity index is 1.60. The molecule has 0 fully saturated rings. The van der Waals surface area contributed by atoms with Crippen LogP contribution < -0.4 is 5.32 Å². The summed E-state index contributed by atoms with van der Waals surface area (Å²) in [6.45, 7) is 0. The molecule has 0 bridgehead atoms. The Morgan fingerprint density at radius 3 is 2.52 bits per heavy atom. The van der Waals surface area contributed by atoms with Crippen molar-refractivity contribution in [3.05, 3.63) is 63.7 Å². The number of benzene rings is 2. The molecule has 29 heavy (non-hydrogen) atoms. The number of rotatable bonds is 5. The summed E-state index contributed by atoms with van der Waals surface area (Å²) in [4.78, 5) is 16.1. The summed E-state index contributed by atoms with van der Waals surface area (Å²) in [6, 6.07) is 6.61. The fourth-order valence-electron chi connectivity index (χ4n) is 2.40. The molecule has 3 rings (SSSR count). The predicted molar refractivity (Wildman–Crippen MR) is 98.1 cm³/mol. The van der Waals surface area contributed by atoms with Crippen molar-refractivity contribution in [2.45, 2.75) is 19.0 Å². The van der Waals surface area contributed by atoms with Gasteiger partial charge in [0.2, 0.25) is 17.6 Å². The predicted octanol–water partition coefficient (Wildman–Crippen LogP) is 5.77. The summed E-state index contributed by atoms with van der Waals surface area (Å²) in [5, 5.41) is 5.76. The lowest BCUT2D eigenvalue weighted by molar-refractivity contribution is -0.137. The quantitative estimate of drug-likeness (QED) is 0.503. The van der Waals surface area contributed by atoms with Crippen LogP contribution in [0.1, 0.15) is 17.9 Å². The number of nitrogens with one attached hydrogen (secondary N) is 1. The Morgan fingerprint density at radius 1 is 1.10 bits per heavy atom. The third-order valence-corrected chi connectivity index (χ3v) is 4.39. The highest BCUT2D eigenvalue weighted by atomic mass is 35.5. The van der Waals surface area contributed by atoms with Crippen molar-refractivity contribution in [1.29, 1.82) is 0 Å². The van der Waals surface area contributed by atoms with E-state index in [1.165, 1.54) is 12.1 Å². The first-order valence-corrected chi connectivity index (χ1v) is 8.83. The van der Waals surface area contributed by atoms with Gasteiger partial charge in [-0.3, -0.25) is 4.79 Å². The number of hydrogen-bond acceptors (Lipinski definition) is 4. The van der Waals surface area contributed by atoms with E-state index in [0.717, 1.165) is 24.3 Å². The summed E-state index contributed by atoms with van der Waals surface area (Å²) in [5.41, 5.74) is -0.501. The molecule has 0 saturated carbocycles. The van der Waals surface area contributed by atoms with Gasteiger partial charge in [0, 0.05) is 24.1 Å². The van der Waals surface area contributed by atoms with Crippen LogP contribution in [0, 0.1) is 5.82 Å². The molecular weight excluding hydrogens is 437 g/mol. The molecule has 0 radical (unpaired) electrons. The molecule has 1 amide bonds. The Morgan fingerprint density at radius 2 is 1.86 bits per heavy atom. The normalized spacial score (nSPS) is 11.5. The average molecular weight is 448 g/mol. The van der Waals surface area contributed by atoms with E-state index in [0.29, 0.717) is 5.56 Å². The molecule has 5 nitrogen and oxygen atoms in total. The van der Waals surface area contributed by atoms with Crippen LogP contribution in [0.25, 0.3) is 11.4 Å². The first kappa shape index (κ1) is 21.1. The lowest BCUT2D eigenvalue weighted by atomic mass is 10.2. The SMILES string of the molecule is O=C(CCc1nc(-c2ccc(F)cc2Cl)no1)Nc1ccc(C(F)(F)F)c(Cl)c1. The zero-order valence-electron chi connectivity index (χ0n) is 14.4. The van der Waals surface area contributed by atoms with E-state index in [9.17, 15) is 22.4 Å². The van der Waals surface area contributed by atoms with E-state index in [2.05, 4.69) is 15.5 Å². The minimum absolute atomic E-state index is 0.0720. The van der Waals surface area contributed by atoms with E-state index in [4.69, 9.17) is 27.7 Å². The van der Waals surface area contributed by atoms with Crippen LogP contribution in [0.4, 0.5) is 23.2 Å². The number of amides is 1. The molecule has 0 aliphatic rings. The summed E-state index contributed by atoms with van der Waals surface area (Å²) in [6.07, 6.45) is -4.58. The van der Waals surface area contributed by atoms with Crippen molar-refractivity contribution in [3.8, 4) is 11.4 Å². The molecule has 0 aliphatic carbocycles. The molecule has 0 unspecified atom stereocenters. The number of hydrogen-bond donors (Lipinski definition) is 1. The number of anilines is 1. The van der Waals surface area contributed by atoms with Crippen molar-refractivity contribution in [2.75, 3.05) is 5.32 Å². The molecule has 11 heteroatoms. The number of nitrogens with zero attached hydrogens (tertiary/aromatic N) is 2. The van der Waals surface area contributed by atoms with Gasteiger partial charge in [0.05, 0.1) is 15.6 Å². The zero-order valence-corrected chi connectivity index (χ0v) is 15.9. The summed E-state index contributed by atoms with van der Waals surface area (Å²) in [5.74, 6) is -0.719. The molecule has 0 atom stereocenters.